The number of aromatic nitrogens is 2. The van der Waals surface area contributed by atoms with E-state index in [0.717, 1.165) is 30.3 Å². The minimum absolute atomic E-state index is 0.147. The molecule has 2 heterocycles. The number of carbonyl (C=O) groups is 1. The molecule has 0 unspecified atom stereocenters. The first-order valence-corrected chi connectivity index (χ1v) is 7.62. The third-order valence-electron chi connectivity index (χ3n) is 4.68. The zero-order chi connectivity index (χ0) is 15.1. The van der Waals surface area contributed by atoms with Crippen molar-refractivity contribution in [2.24, 2.45) is 11.8 Å². The highest BCUT2D eigenvalue weighted by molar-refractivity contribution is 5.97. The smallest absolute Gasteiger partial charge is 0.246 e. The second kappa shape index (κ2) is 4.99. The molecule has 110 valence electrons. The summed E-state index contributed by atoms with van der Waals surface area (Å²) in [5.41, 5.74) is 1.84. The van der Waals surface area contributed by atoms with E-state index in [9.17, 15) is 10.1 Å². The zero-order valence-electron chi connectivity index (χ0n) is 12.1. The second-order valence-corrected chi connectivity index (χ2v) is 5.93. The fourth-order valence-electron chi connectivity index (χ4n) is 3.67. The van der Waals surface area contributed by atoms with Crippen LogP contribution < -0.4 is 5.32 Å². The van der Waals surface area contributed by atoms with Gasteiger partial charge in [0.15, 0.2) is 0 Å². The van der Waals surface area contributed by atoms with Crippen LogP contribution in [-0.4, -0.2) is 15.5 Å². The molecule has 0 fully saturated rings. The first-order chi connectivity index (χ1) is 10.8. The van der Waals surface area contributed by atoms with Crippen LogP contribution >= 0.6 is 0 Å². The number of hydrogen-bond donors (Lipinski definition) is 1. The largest absolute Gasteiger partial charge is 0.305 e. The lowest BCUT2D eigenvalue weighted by Gasteiger charge is -2.36. The number of para-hydroxylation sites is 2. The van der Waals surface area contributed by atoms with Gasteiger partial charge in [-0.2, -0.15) is 5.26 Å². The summed E-state index contributed by atoms with van der Waals surface area (Å²) in [5.74, 6) is -0.0409. The van der Waals surface area contributed by atoms with Gasteiger partial charge in [0.1, 0.15) is 5.92 Å². The van der Waals surface area contributed by atoms with Gasteiger partial charge >= 0.3 is 0 Å². The van der Waals surface area contributed by atoms with E-state index in [1.165, 1.54) is 0 Å². The summed E-state index contributed by atoms with van der Waals surface area (Å²) in [5, 5.41) is 12.3. The predicted molar refractivity (Wildman–Crippen MR) is 83.0 cm³/mol. The van der Waals surface area contributed by atoms with Crippen molar-refractivity contribution >= 4 is 22.9 Å². The van der Waals surface area contributed by atoms with E-state index in [0.29, 0.717) is 5.95 Å². The number of fused-ring (bicyclic) bond motifs is 3. The molecule has 3 atom stereocenters. The Bertz CT molecular complexity index is 814. The third kappa shape index (κ3) is 1.84. The molecule has 0 spiro atoms. The Hall–Kier alpha value is -2.61. The maximum absolute atomic E-state index is 12.3. The zero-order valence-corrected chi connectivity index (χ0v) is 12.1. The van der Waals surface area contributed by atoms with Crippen molar-refractivity contribution < 1.29 is 4.79 Å². The van der Waals surface area contributed by atoms with E-state index in [-0.39, 0.29) is 17.9 Å². The number of allylic oxidation sites excluding steroid dienone is 2. The van der Waals surface area contributed by atoms with Crippen LogP contribution in [0.25, 0.3) is 11.0 Å². The molecular formula is C17H16N4O. The van der Waals surface area contributed by atoms with Gasteiger partial charge in [-0.3, -0.25) is 10.1 Å². The first kappa shape index (κ1) is 13.1. The molecule has 2 aliphatic rings. The summed E-state index contributed by atoms with van der Waals surface area (Å²) in [6.07, 6.45) is 7.24. The van der Waals surface area contributed by atoms with Crippen molar-refractivity contribution in [3.63, 3.8) is 0 Å². The minimum Gasteiger partial charge on any atom is -0.305 e. The summed E-state index contributed by atoms with van der Waals surface area (Å²) in [4.78, 5) is 16.8. The molecule has 0 bridgehead atoms. The van der Waals surface area contributed by atoms with Crippen LogP contribution in [0.15, 0.2) is 36.4 Å². The summed E-state index contributed by atoms with van der Waals surface area (Å²) in [6.45, 7) is 0. The summed E-state index contributed by atoms with van der Waals surface area (Å²) in [7, 11) is 0. The summed E-state index contributed by atoms with van der Waals surface area (Å²) < 4.78 is 2.06. The Balaban J connectivity index is 1.92. The molecule has 0 saturated carbocycles. The van der Waals surface area contributed by atoms with Crippen LogP contribution in [-0.2, 0) is 4.79 Å². The highest BCUT2D eigenvalue weighted by Crippen LogP contribution is 2.41. The van der Waals surface area contributed by atoms with Crippen LogP contribution in [0.5, 0.6) is 0 Å². The predicted octanol–water partition coefficient (Wildman–Crippen LogP) is 3.03. The Kier molecular flexibility index (Phi) is 2.97. The van der Waals surface area contributed by atoms with Crippen LogP contribution in [0.1, 0.15) is 25.3 Å². The van der Waals surface area contributed by atoms with Gasteiger partial charge in [-0.25, -0.2) is 4.98 Å². The minimum atomic E-state index is -0.665. The molecule has 1 aromatic carbocycles. The maximum atomic E-state index is 12.3. The number of hydrogen-bond acceptors (Lipinski definition) is 3. The topological polar surface area (TPSA) is 70.7 Å². The van der Waals surface area contributed by atoms with E-state index in [2.05, 4.69) is 33.1 Å². The number of carbonyl (C=O) groups excluding carboxylic acids is 1. The van der Waals surface area contributed by atoms with Gasteiger partial charge in [0.25, 0.3) is 0 Å². The average Bonchev–Trinajstić information content (AvgIpc) is 2.92. The number of nitrogens with zero attached hydrogens (tertiary/aromatic N) is 3. The molecule has 0 radical (unpaired) electrons. The van der Waals surface area contributed by atoms with Gasteiger partial charge in [0.05, 0.1) is 23.1 Å². The molecule has 1 aliphatic carbocycles. The van der Waals surface area contributed by atoms with Crippen LogP contribution in [0.4, 0.5) is 5.95 Å². The average molecular weight is 292 g/mol. The van der Waals surface area contributed by atoms with E-state index >= 15 is 0 Å². The molecule has 5 heteroatoms. The van der Waals surface area contributed by atoms with Crippen LogP contribution in [0.3, 0.4) is 0 Å². The Morgan fingerprint density at radius 2 is 2.18 bits per heavy atom. The fraction of sp³-hybridized carbons (Fsp3) is 0.353. The quantitative estimate of drug-likeness (QED) is 0.821. The van der Waals surface area contributed by atoms with E-state index in [1.807, 2.05) is 24.3 Å². The van der Waals surface area contributed by atoms with Crippen molar-refractivity contribution in [1.82, 2.24) is 9.55 Å². The Morgan fingerprint density at radius 3 is 2.95 bits per heavy atom. The molecular weight excluding hydrogens is 276 g/mol. The summed E-state index contributed by atoms with van der Waals surface area (Å²) in [6, 6.07) is 9.90. The van der Waals surface area contributed by atoms with Gasteiger partial charge < -0.3 is 4.57 Å². The molecule has 1 N–H and O–H groups in total. The number of anilines is 1. The van der Waals surface area contributed by atoms with Crippen molar-refractivity contribution in [2.75, 3.05) is 5.32 Å². The second-order valence-electron chi connectivity index (χ2n) is 5.93. The number of imidazole rings is 1. The number of amides is 1. The van der Waals surface area contributed by atoms with Crippen LogP contribution in [0.2, 0.25) is 0 Å². The van der Waals surface area contributed by atoms with Gasteiger partial charge in [-0.15, -0.1) is 0 Å². The van der Waals surface area contributed by atoms with Gasteiger partial charge in [0, 0.05) is 0 Å². The van der Waals surface area contributed by atoms with Crippen molar-refractivity contribution in [1.29, 1.82) is 5.26 Å². The van der Waals surface area contributed by atoms with Crippen LogP contribution in [0, 0.1) is 23.2 Å². The lowest BCUT2D eigenvalue weighted by Crippen LogP contribution is -2.40. The Labute approximate surface area is 128 Å². The molecule has 0 saturated heterocycles. The van der Waals surface area contributed by atoms with E-state index < -0.39 is 5.92 Å². The lowest BCUT2D eigenvalue weighted by molar-refractivity contribution is -0.120. The molecule has 1 aromatic heterocycles. The Morgan fingerprint density at radius 1 is 1.32 bits per heavy atom. The molecule has 1 aliphatic heterocycles. The molecule has 1 amide bonds. The molecule has 22 heavy (non-hydrogen) atoms. The summed E-state index contributed by atoms with van der Waals surface area (Å²) >= 11 is 0. The van der Waals surface area contributed by atoms with E-state index in [1.54, 1.807) is 0 Å². The van der Waals surface area contributed by atoms with Crippen molar-refractivity contribution in [3.8, 4) is 6.07 Å². The monoisotopic (exact) mass is 292 g/mol. The molecule has 2 aromatic rings. The third-order valence-corrected chi connectivity index (χ3v) is 4.68. The number of benzene rings is 1. The number of nitrogens with one attached hydrogen (secondary N) is 1. The standard InChI is InChI=1S/C17H16N4O/c18-10-12-15(11-6-2-1-3-7-11)21-14-9-5-4-8-13(14)19-17(21)20-16(12)22/h1-2,4-5,8-9,11-12,15H,3,6-7H2,(H,19,20,22)/t11-,12+,15-/m1/s1. The van der Waals surface area contributed by atoms with Crippen molar-refractivity contribution in [2.45, 2.75) is 25.3 Å². The number of nitriles is 1. The maximum Gasteiger partial charge on any atom is 0.246 e. The number of rotatable bonds is 1. The van der Waals surface area contributed by atoms with Gasteiger partial charge in [-0.05, 0) is 37.3 Å². The lowest BCUT2D eigenvalue weighted by atomic mass is 9.80. The van der Waals surface area contributed by atoms with Gasteiger partial charge in [-0.1, -0.05) is 24.3 Å². The highest BCUT2D eigenvalue weighted by atomic mass is 16.2. The normalized spacial score (nSPS) is 27.2. The first-order valence-electron chi connectivity index (χ1n) is 7.62. The van der Waals surface area contributed by atoms with Crippen molar-refractivity contribution in [3.05, 3.63) is 36.4 Å². The fourth-order valence-corrected chi connectivity index (χ4v) is 3.67. The SMILES string of the molecule is N#C[C@@H]1C(=O)Nc2nc3ccccc3n2[C@@H]1[C@@H]1CC=CCC1. The molecule has 4 rings (SSSR count). The highest BCUT2D eigenvalue weighted by Gasteiger charge is 2.41. The molecule has 5 nitrogen and oxygen atoms in total. The van der Waals surface area contributed by atoms with Gasteiger partial charge in [0.2, 0.25) is 11.9 Å². The van der Waals surface area contributed by atoms with E-state index in [4.69, 9.17) is 0 Å².